The predicted octanol–water partition coefficient (Wildman–Crippen LogP) is 3.33. The van der Waals surface area contributed by atoms with Gasteiger partial charge in [0.25, 0.3) is 0 Å². The van der Waals surface area contributed by atoms with Crippen LogP contribution in [-0.2, 0) is 6.61 Å². The highest BCUT2D eigenvalue weighted by Crippen LogP contribution is 2.26. The van der Waals surface area contributed by atoms with Crippen LogP contribution in [0.4, 0.5) is 4.39 Å². The van der Waals surface area contributed by atoms with Crippen LogP contribution >= 0.6 is 0 Å². The Kier molecular flexibility index (Phi) is 4.34. The molecule has 0 bridgehead atoms. The van der Waals surface area contributed by atoms with Gasteiger partial charge in [-0.1, -0.05) is 12.1 Å². The Bertz CT molecular complexity index is 647. The lowest BCUT2D eigenvalue weighted by atomic mass is 10.1. The van der Waals surface area contributed by atoms with Crippen LogP contribution in [-0.4, -0.2) is 5.11 Å². The third-order valence-electron chi connectivity index (χ3n) is 2.87. The highest BCUT2D eigenvalue weighted by molar-refractivity contribution is 5.36. The van der Waals surface area contributed by atoms with Gasteiger partial charge in [-0.3, -0.25) is 0 Å². The van der Waals surface area contributed by atoms with Crippen molar-refractivity contribution in [2.45, 2.75) is 19.6 Å². The summed E-state index contributed by atoms with van der Waals surface area (Å²) in [5.41, 5.74) is 1.80. The van der Waals surface area contributed by atoms with Crippen LogP contribution in [0, 0.1) is 17.1 Å². The van der Waals surface area contributed by atoms with E-state index in [0.717, 1.165) is 5.56 Å². The second-order valence-corrected chi connectivity index (χ2v) is 4.46. The molecule has 0 aliphatic carbocycles. The molecule has 0 spiro atoms. The van der Waals surface area contributed by atoms with E-state index in [2.05, 4.69) is 6.07 Å². The minimum atomic E-state index is -0.814. The highest BCUT2D eigenvalue weighted by Gasteiger charge is 2.10. The molecule has 0 aliphatic rings. The van der Waals surface area contributed by atoms with Crippen molar-refractivity contribution >= 4 is 0 Å². The molecule has 0 unspecified atom stereocenters. The molecular weight excluding hydrogens is 257 g/mol. The molecule has 1 N–H and O–H groups in total. The fourth-order valence-electron chi connectivity index (χ4n) is 1.87. The maximum absolute atomic E-state index is 13.2. The standard InChI is InChI=1S/C16H14FNO2/c1-11(19)15-8-14(17)5-6-16(15)20-10-13-4-2-3-12(7-13)9-18/h2-8,11,19H,10H2,1H3/t11-/m1/s1. The predicted molar refractivity (Wildman–Crippen MR) is 72.5 cm³/mol. The average Bonchev–Trinajstić information content (AvgIpc) is 2.46. The Morgan fingerprint density at radius 2 is 2.10 bits per heavy atom. The second-order valence-electron chi connectivity index (χ2n) is 4.46. The minimum absolute atomic E-state index is 0.251. The summed E-state index contributed by atoms with van der Waals surface area (Å²) in [5, 5.41) is 18.4. The van der Waals surface area contributed by atoms with Crippen LogP contribution < -0.4 is 4.74 Å². The van der Waals surface area contributed by atoms with Crippen LogP contribution in [0.1, 0.15) is 29.7 Å². The van der Waals surface area contributed by atoms with Gasteiger partial charge in [-0.05, 0) is 42.8 Å². The Balaban J connectivity index is 2.16. The van der Waals surface area contributed by atoms with E-state index in [-0.39, 0.29) is 6.61 Å². The monoisotopic (exact) mass is 271 g/mol. The van der Waals surface area contributed by atoms with E-state index in [4.69, 9.17) is 10.00 Å². The van der Waals surface area contributed by atoms with E-state index < -0.39 is 11.9 Å². The lowest BCUT2D eigenvalue weighted by Crippen LogP contribution is -2.01. The lowest BCUT2D eigenvalue weighted by Gasteiger charge is -2.13. The highest BCUT2D eigenvalue weighted by atomic mass is 19.1. The van der Waals surface area contributed by atoms with Gasteiger partial charge in [0.15, 0.2) is 0 Å². The number of aliphatic hydroxyl groups excluding tert-OH is 1. The summed E-state index contributed by atoms with van der Waals surface area (Å²) < 4.78 is 18.8. The van der Waals surface area contributed by atoms with Crippen molar-refractivity contribution < 1.29 is 14.2 Å². The molecule has 1 atom stereocenters. The maximum Gasteiger partial charge on any atom is 0.125 e. The van der Waals surface area contributed by atoms with Gasteiger partial charge in [-0.15, -0.1) is 0 Å². The van der Waals surface area contributed by atoms with Crippen LogP contribution in [0.2, 0.25) is 0 Å². The van der Waals surface area contributed by atoms with E-state index in [9.17, 15) is 9.50 Å². The average molecular weight is 271 g/mol. The molecule has 102 valence electrons. The first-order valence-corrected chi connectivity index (χ1v) is 6.19. The Morgan fingerprint density at radius 3 is 2.80 bits per heavy atom. The molecule has 20 heavy (non-hydrogen) atoms. The SMILES string of the molecule is C[C@@H](O)c1cc(F)ccc1OCc1cccc(C#N)c1. The quantitative estimate of drug-likeness (QED) is 0.928. The zero-order valence-corrected chi connectivity index (χ0v) is 11.0. The number of hydrogen-bond acceptors (Lipinski definition) is 3. The summed E-state index contributed by atoms with van der Waals surface area (Å²) in [7, 11) is 0. The number of benzene rings is 2. The molecule has 3 nitrogen and oxygen atoms in total. The third kappa shape index (κ3) is 3.34. The molecule has 0 saturated carbocycles. The number of nitriles is 1. The van der Waals surface area contributed by atoms with E-state index in [1.54, 1.807) is 25.1 Å². The van der Waals surface area contributed by atoms with E-state index in [0.29, 0.717) is 16.9 Å². The number of rotatable bonds is 4. The smallest absolute Gasteiger partial charge is 0.125 e. The minimum Gasteiger partial charge on any atom is -0.489 e. The lowest BCUT2D eigenvalue weighted by molar-refractivity contribution is 0.189. The third-order valence-corrected chi connectivity index (χ3v) is 2.87. The van der Waals surface area contributed by atoms with Gasteiger partial charge in [0.2, 0.25) is 0 Å². The van der Waals surface area contributed by atoms with Gasteiger partial charge in [-0.25, -0.2) is 4.39 Å². The van der Waals surface area contributed by atoms with Gasteiger partial charge in [0.05, 0.1) is 17.7 Å². The number of ether oxygens (including phenoxy) is 1. The summed E-state index contributed by atoms with van der Waals surface area (Å²) in [4.78, 5) is 0. The van der Waals surface area contributed by atoms with Crippen LogP contribution in [0.5, 0.6) is 5.75 Å². The first kappa shape index (κ1) is 14.0. The van der Waals surface area contributed by atoms with Crippen molar-refractivity contribution in [3.63, 3.8) is 0 Å². The van der Waals surface area contributed by atoms with E-state index >= 15 is 0 Å². The Morgan fingerprint density at radius 1 is 1.30 bits per heavy atom. The van der Waals surface area contributed by atoms with Crippen LogP contribution in [0.25, 0.3) is 0 Å². The van der Waals surface area contributed by atoms with Crippen molar-refractivity contribution in [1.82, 2.24) is 0 Å². The topological polar surface area (TPSA) is 53.2 Å². The van der Waals surface area contributed by atoms with E-state index in [1.807, 2.05) is 6.07 Å². The number of nitrogens with zero attached hydrogens (tertiary/aromatic N) is 1. The van der Waals surface area contributed by atoms with Gasteiger partial charge < -0.3 is 9.84 Å². The summed E-state index contributed by atoms with van der Waals surface area (Å²) in [5.74, 6) is 0.0171. The first-order chi connectivity index (χ1) is 9.60. The van der Waals surface area contributed by atoms with Crippen molar-refractivity contribution in [1.29, 1.82) is 5.26 Å². The van der Waals surface area contributed by atoms with Crippen LogP contribution in [0.3, 0.4) is 0 Å². The molecule has 0 aliphatic heterocycles. The zero-order chi connectivity index (χ0) is 14.5. The fraction of sp³-hybridized carbons (Fsp3) is 0.188. The largest absolute Gasteiger partial charge is 0.489 e. The normalized spacial score (nSPS) is 11.7. The summed E-state index contributed by atoms with van der Waals surface area (Å²) >= 11 is 0. The molecule has 4 heteroatoms. The van der Waals surface area contributed by atoms with Gasteiger partial charge in [-0.2, -0.15) is 5.26 Å². The second kappa shape index (κ2) is 6.18. The Labute approximate surface area is 116 Å². The molecule has 0 amide bonds. The number of halogens is 1. The van der Waals surface area contributed by atoms with Crippen molar-refractivity contribution in [2.75, 3.05) is 0 Å². The number of hydrogen-bond donors (Lipinski definition) is 1. The van der Waals surface area contributed by atoms with E-state index in [1.165, 1.54) is 18.2 Å². The summed E-state index contributed by atoms with van der Waals surface area (Å²) in [6.45, 7) is 1.80. The molecule has 0 aromatic heterocycles. The van der Waals surface area contributed by atoms with Crippen LogP contribution in [0.15, 0.2) is 42.5 Å². The molecule has 0 heterocycles. The summed E-state index contributed by atoms with van der Waals surface area (Å²) in [6, 6.07) is 13.1. The fourth-order valence-corrected chi connectivity index (χ4v) is 1.87. The molecule has 0 fully saturated rings. The first-order valence-electron chi connectivity index (χ1n) is 6.19. The maximum atomic E-state index is 13.2. The molecule has 2 rings (SSSR count). The van der Waals surface area contributed by atoms with Crippen molar-refractivity contribution in [3.8, 4) is 11.8 Å². The van der Waals surface area contributed by atoms with Gasteiger partial charge in [0, 0.05) is 5.56 Å². The summed E-state index contributed by atoms with van der Waals surface area (Å²) in [6.07, 6.45) is -0.814. The van der Waals surface area contributed by atoms with Gasteiger partial charge in [0.1, 0.15) is 18.2 Å². The molecule has 2 aromatic carbocycles. The molecule has 0 saturated heterocycles. The van der Waals surface area contributed by atoms with Crippen molar-refractivity contribution in [3.05, 3.63) is 65.0 Å². The number of aliphatic hydroxyl groups is 1. The Hall–Kier alpha value is -2.38. The molecular formula is C16H14FNO2. The zero-order valence-electron chi connectivity index (χ0n) is 11.0. The van der Waals surface area contributed by atoms with Gasteiger partial charge >= 0.3 is 0 Å². The molecule has 2 aromatic rings. The van der Waals surface area contributed by atoms with Crippen molar-refractivity contribution in [2.24, 2.45) is 0 Å². The molecule has 0 radical (unpaired) electrons.